The van der Waals surface area contributed by atoms with Crippen molar-refractivity contribution < 1.29 is 9.53 Å². The van der Waals surface area contributed by atoms with Crippen LogP contribution in [0, 0.1) is 0 Å². The van der Waals surface area contributed by atoms with E-state index in [2.05, 4.69) is 4.99 Å². The quantitative estimate of drug-likeness (QED) is 0.565. The summed E-state index contributed by atoms with van der Waals surface area (Å²) >= 11 is 11.5. The van der Waals surface area contributed by atoms with E-state index < -0.39 is 0 Å². The third kappa shape index (κ3) is 2.22. The molecular formula is C8H5Cl2NO2. The molecule has 0 aromatic heterocycles. The van der Waals surface area contributed by atoms with Gasteiger partial charge in [0.05, 0.1) is 12.1 Å². The van der Waals surface area contributed by atoms with Crippen LogP contribution in [0.4, 0.5) is 5.69 Å². The Morgan fingerprint density at radius 3 is 2.69 bits per heavy atom. The van der Waals surface area contributed by atoms with Crippen LogP contribution in [0.15, 0.2) is 17.1 Å². The summed E-state index contributed by atoms with van der Waals surface area (Å²) in [7, 11) is 1.43. The molecule has 0 unspecified atom stereocenters. The van der Waals surface area contributed by atoms with Crippen LogP contribution in [0.1, 0.15) is 0 Å². The Morgan fingerprint density at radius 2 is 2.15 bits per heavy atom. The SMILES string of the molecule is COc1c(Cl)cc(Cl)cc1N=C=O. The zero-order chi connectivity index (χ0) is 9.84. The van der Waals surface area contributed by atoms with E-state index in [0.29, 0.717) is 15.8 Å². The average molecular weight is 218 g/mol. The largest absolute Gasteiger partial charge is 0.493 e. The maximum absolute atomic E-state index is 10.0. The van der Waals surface area contributed by atoms with Crippen molar-refractivity contribution in [2.75, 3.05) is 7.11 Å². The second-order valence-electron chi connectivity index (χ2n) is 2.14. The molecule has 0 bridgehead atoms. The molecule has 0 aliphatic rings. The van der Waals surface area contributed by atoms with Gasteiger partial charge in [0, 0.05) is 5.02 Å². The fourth-order valence-corrected chi connectivity index (χ4v) is 1.44. The van der Waals surface area contributed by atoms with Gasteiger partial charge >= 0.3 is 0 Å². The first-order valence-corrected chi connectivity index (χ1v) is 4.05. The van der Waals surface area contributed by atoms with Crippen LogP contribution in [0.3, 0.4) is 0 Å². The lowest BCUT2D eigenvalue weighted by Crippen LogP contribution is -1.84. The van der Waals surface area contributed by atoms with Gasteiger partial charge < -0.3 is 4.74 Å². The number of nitrogens with zero attached hydrogens (tertiary/aromatic N) is 1. The molecule has 0 amide bonds. The molecule has 13 heavy (non-hydrogen) atoms. The Labute approximate surface area is 84.9 Å². The van der Waals surface area contributed by atoms with Crippen LogP contribution in [0.2, 0.25) is 10.0 Å². The highest BCUT2D eigenvalue weighted by atomic mass is 35.5. The van der Waals surface area contributed by atoms with Crippen LogP contribution < -0.4 is 4.74 Å². The lowest BCUT2D eigenvalue weighted by Gasteiger charge is -2.05. The monoisotopic (exact) mass is 217 g/mol. The van der Waals surface area contributed by atoms with Crippen molar-refractivity contribution in [2.24, 2.45) is 4.99 Å². The summed E-state index contributed by atoms with van der Waals surface area (Å²) in [6.07, 6.45) is 1.39. The number of benzene rings is 1. The maximum Gasteiger partial charge on any atom is 0.240 e. The molecule has 0 saturated heterocycles. The van der Waals surface area contributed by atoms with Crippen molar-refractivity contribution in [3.63, 3.8) is 0 Å². The van der Waals surface area contributed by atoms with Crippen LogP contribution in [0.25, 0.3) is 0 Å². The Balaban J connectivity index is 3.37. The molecule has 5 heteroatoms. The highest BCUT2D eigenvalue weighted by molar-refractivity contribution is 6.36. The van der Waals surface area contributed by atoms with Crippen molar-refractivity contribution in [1.82, 2.24) is 0 Å². The predicted octanol–water partition coefficient (Wildman–Crippen LogP) is 2.97. The number of hydrogen-bond acceptors (Lipinski definition) is 3. The number of ether oxygens (including phenoxy) is 1. The fraction of sp³-hybridized carbons (Fsp3) is 0.125. The fourth-order valence-electron chi connectivity index (χ4n) is 0.881. The lowest BCUT2D eigenvalue weighted by molar-refractivity contribution is 0.416. The third-order valence-corrected chi connectivity index (χ3v) is 1.86. The molecule has 0 N–H and O–H groups in total. The van der Waals surface area contributed by atoms with Gasteiger partial charge in [0.15, 0.2) is 5.75 Å². The zero-order valence-electron chi connectivity index (χ0n) is 6.67. The van der Waals surface area contributed by atoms with Crippen molar-refractivity contribution in [3.8, 4) is 5.75 Å². The number of aliphatic imine (C=N–C) groups is 1. The van der Waals surface area contributed by atoms with Crippen molar-refractivity contribution in [1.29, 1.82) is 0 Å². The van der Waals surface area contributed by atoms with E-state index in [1.54, 1.807) is 0 Å². The van der Waals surface area contributed by atoms with Gasteiger partial charge in [-0.2, -0.15) is 4.99 Å². The summed E-state index contributed by atoms with van der Waals surface area (Å²) in [5.74, 6) is 0.314. The van der Waals surface area contributed by atoms with E-state index in [1.807, 2.05) is 0 Å². The summed E-state index contributed by atoms with van der Waals surface area (Å²) in [5, 5.41) is 0.698. The van der Waals surface area contributed by atoms with Crippen LogP contribution >= 0.6 is 23.2 Å². The maximum atomic E-state index is 10.0. The number of hydrogen-bond donors (Lipinski definition) is 0. The topological polar surface area (TPSA) is 38.7 Å². The normalized spacial score (nSPS) is 9.15. The van der Waals surface area contributed by atoms with Crippen LogP contribution in [0.5, 0.6) is 5.75 Å². The Bertz CT molecular complexity index is 373. The molecule has 0 aliphatic heterocycles. The van der Waals surface area contributed by atoms with Crippen molar-refractivity contribution in [3.05, 3.63) is 22.2 Å². The average Bonchev–Trinajstić information content (AvgIpc) is 2.04. The Kier molecular flexibility index (Phi) is 3.32. The molecule has 0 saturated carbocycles. The standard InChI is InChI=1S/C8H5Cl2NO2/c1-13-8-6(10)2-5(9)3-7(8)11-4-12/h2-3H,1H3. The van der Waals surface area contributed by atoms with Crippen LogP contribution in [-0.4, -0.2) is 13.2 Å². The molecule has 0 heterocycles. The number of isocyanates is 1. The number of methoxy groups -OCH3 is 1. The Morgan fingerprint density at radius 1 is 1.46 bits per heavy atom. The molecule has 68 valence electrons. The van der Waals surface area contributed by atoms with Gasteiger partial charge in [-0.15, -0.1) is 0 Å². The second kappa shape index (κ2) is 4.28. The first kappa shape index (κ1) is 10.1. The van der Waals surface area contributed by atoms with Gasteiger partial charge in [-0.3, -0.25) is 0 Å². The van der Waals surface area contributed by atoms with E-state index >= 15 is 0 Å². The van der Waals surface area contributed by atoms with E-state index in [0.717, 1.165) is 0 Å². The summed E-state index contributed by atoms with van der Waals surface area (Å²) in [4.78, 5) is 13.4. The van der Waals surface area contributed by atoms with Crippen LogP contribution in [-0.2, 0) is 4.79 Å². The highest BCUT2D eigenvalue weighted by Gasteiger charge is 2.08. The van der Waals surface area contributed by atoms with Gasteiger partial charge in [-0.1, -0.05) is 23.2 Å². The molecule has 0 radical (unpaired) electrons. The molecule has 1 aromatic rings. The van der Waals surface area contributed by atoms with E-state index in [-0.39, 0.29) is 5.69 Å². The molecule has 0 atom stereocenters. The minimum atomic E-state index is 0.273. The molecule has 3 nitrogen and oxygen atoms in total. The number of rotatable bonds is 2. The summed E-state index contributed by atoms with van der Waals surface area (Å²) < 4.78 is 4.92. The lowest BCUT2D eigenvalue weighted by atomic mass is 10.3. The molecule has 1 aromatic carbocycles. The molecular weight excluding hydrogens is 213 g/mol. The van der Waals surface area contributed by atoms with Crippen molar-refractivity contribution in [2.45, 2.75) is 0 Å². The second-order valence-corrected chi connectivity index (χ2v) is 2.99. The van der Waals surface area contributed by atoms with Gasteiger partial charge in [-0.25, -0.2) is 4.79 Å². The van der Waals surface area contributed by atoms with E-state index in [4.69, 9.17) is 27.9 Å². The minimum Gasteiger partial charge on any atom is -0.493 e. The van der Waals surface area contributed by atoms with Gasteiger partial charge in [0.1, 0.15) is 5.69 Å². The van der Waals surface area contributed by atoms with Crippen molar-refractivity contribution >= 4 is 35.0 Å². The van der Waals surface area contributed by atoms with Gasteiger partial charge in [0.25, 0.3) is 0 Å². The summed E-state index contributed by atoms with van der Waals surface area (Å²) in [6.45, 7) is 0. The zero-order valence-corrected chi connectivity index (χ0v) is 8.19. The van der Waals surface area contributed by atoms with E-state index in [9.17, 15) is 4.79 Å². The molecule has 0 spiro atoms. The molecule has 0 aliphatic carbocycles. The van der Waals surface area contributed by atoms with Gasteiger partial charge in [0.2, 0.25) is 6.08 Å². The first-order chi connectivity index (χ1) is 6.19. The minimum absolute atomic E-state index is 0.273. The highest BCUT2D eigenvalue weighted by Crippen LogP contribution is 2.37. The van der Waals surface area contributed by atoms with E-state index in [1.165, 1.54) is 25.3 Å². The summed E-state index contributed by atoms with van der Waals surface area (Å²) in [6, 6.07) is 2.98. The molecule has 1 rings (SSSR count). The number of halogens is 2. The number of carbonyl (C=O) groups excluding carboxylic acids is 1. The summed E-state index contributed by atoms with van der Waals surface area (Å²) in [5.41, 5.74) is 0.273. The molecule has 0 fully saturated rings. The van der Waals surface area contributed by atoms with Gasteiger partial charge in [-0.05, 0) is 12.1 Å². The Hall–Kier alpha value is -1.02. The predicted molar refractivity (Wildman–Crippen MR) is 50.8 cm³/mol. The smallest absolute Gasteiger partial charge is 0.240 e. The first-order valence-electron chi connectivity index (χ1n) is 3.30. The third-order valence-electron chi connectivity index (χ3n) is 1.36.